The van der Waals surface area contributed by atoms with E-state index < -0.39 is 12.4 Å². The van der Waals surface area contributed by atoms with Crippen LogP contribution in [0.1, 0.15) is 49.8 Å². The molecule has 12 heteroatoms. The van der Waals surface area contributed by atoms with Gasteiger partial charge in [0, 0.05) is 29.2 Å². The van der Waals surface area contributed by atoms with Crippen molar-refractivity contribution in [2.45, 2.75) is 52.4 Å². The van der Waals surface area contributed by atoms with Crippen LogP contribution < -0.4 is 15.0 Å². The van der Waals surface area contributed by atoms with Gasteiger partial charge in [-0.15, -0.1) is 18.3 Å². The van der Waals surface area contributed by atoms with Crippen LogP contribution in [0.2, 0.25) is 0 Å². The van der Waals surface area contributed by atoms with Gasteiger partial charge in [0.1, 0.15) is 12.1 Å². The normalized spacial score (nSPS) is 16.5. The van der Waals surface area contributed by atoms with Gasteiger partial charge in [-0.05, 0) is 79.3 Å². The average molecular weight is 635 g/mol. The molecule has 45 heavy (non-hydrogen) atoms. The standard InChI is InChI=1S/C33H33F3N6O2S/c1-21(2)28-14-5-22(3)19-29(28)42-23(4)16-18-45-32(42)39-31(43)37-17-15-24-6-8-25(9-7-24)30-38-20-41(40-30)26-10-12-27(13-11-26)44-33(34,35)36/h5-15,17,19-21,23H,16,18H2,1-4H3,(H,37,43)/b17-15+,39-32-. The Kier molecular flexibility index (Phi) is 9.62. The monoisotopic (exact) mass is 634 g/mol. The van der Waals surface area contributed by atoms with Crippen LogP contribution in [0.4, 0.5) is 23.7 Å². The first-order valence-corrected chi connectivity index (χ1v) is 15.4. The largest absolute Gasteiger partial charge is 0.573 e. The predicted molar refractivity (Wildman–Crippen MR) is 173 cm³/mol. The number of amidine groups is 1. The topological polar surface area (TPSA) is 84.6 Å². The second kappa shape index (κ2) is 13.6. The summed E-state index contributed by atoms with van der Waals surface area (Å²) in [4.78, 5) is 23.8. The van der Waals surface area contributed by atoms with E-state index in [-0.39, 0.29) is 11.8 Å². The Bertz CT molecular complexity index is 1700. The summed E-state index contributed by atoms with van der Waals surface area (Å²) in [6, 6.07) is 19.0. The van der Waals surface area contributed by atoms with Gasteiger partial charge in [0.25, 0.3) is 0 Å². The van der Waals surface area contributed by atoms with Gasteiger partial charge in [0.05, 0.1) is 5.69 Å². The molecule has 0 spiro atoms. The van der Waals surface area contributed by atoms with Crippen LogP contribution in [0.25, 0.3) is 23.2 Å². The van der Waals surface area contributed by atoms with Gasteiger partial charge in [0.15, 0.2) is 11.0 Å². The lowest BCUT2D eigenvalue weighted by atomic mass is 9.98. The molecule has 2 amide bonds. The molecule has 2 heterocycles. The number of aromatic nitrogens is 3. The minimum absolute atomic E-state index is 0.213. The van der Waals surface area contributed by atoms with E-state index in [1.54, 1.807) is 24.0 Å². The number of nitrogens with one attached hydrogen (secondary N) is 1. The van der Waals surface area contributed by atoms with Crippen LogP contribution in [-0.4, -0.2) is 44.1 Å². The second-order valence-corrected chi connectivity index (χ2v) is 12.0. The number of thioether (sulfide) groups is 1. The molecule has 1 N–H and O–H groups in total. The zero-order valence-electron chi connectivity index (χ0n) is 25.2. The van der Waals surface area contributed by atoms with Crippen molar-refractivity contribution in [1.29, 1.82) is 0 Å². The first-order chi connectivity index (χ1) is 21.5. The molecule has 0 bridgehead atoms. The SMILES string of the molecule is Cc1ccc(C(C)C)c(N2/C(=N/C(=O)N/C=C/c3ccc(-c4ncn(-c5ccc(OC(F)(F)F)cc5)n4)cc3)SCCC2C)c1. The molecule has 4 aromatic rings. The molecule has 0 saturated carbocycles. The molecule has 1 saturated heterocycles. The van der Waals surface area contributed by atoms with E-state index >= 15 is 0 Å². The van der Waals surface area contributed by atoms with E-state index in [0.29, 0.717) is 22.6 Å². The van der Waals surface area contributed by atoms with E-state index in [1.165, 1.54) is 40.8 Å². The number of benzene rings is 3. The number of urea groups is 1. The zero-order chi connectivity index (χ0) is 32.1. The van der Waals surface area contributed by atoms with Crippen molar-refractivity contribution in [2.75, 3.05) is 10.7 Å². The maximum absolute atomic E-state index is 12.8. The molecule has 5 rings (SSSR count). The number of carbonyl (C=O) groups excluding carboxylic acids is 1. The van der Waals surface area contributed by atoms with Gasteiger partial charge < -0.3 is 15.0 Å². The van der Waals surface area contributed by atoms with Crippen LogP contribution in [0, 0.1) is 6.92 Å². The molecule has 1 unspecified atom stereocenters. The Balaban J connectivity index is 1.23. The minimum atomic E-state index is -4.75. The summed E-state index contributed by atoms with van der Waals surface area (Å²) in [6.07, 6.45) is 1.06. The molecule has 0 radical (unpaired) electrons. The van der Waals surface area contributed by atoms with E-state index in [0.717, 1.165) is 34.6 Å². The molecule has 234 valence electrons. The fourth-order valence-corrected chi connectivity index (χ4v) is 6.08. The van der Waals surface area contributed by atoms with Crippen LogP contribution in [-0.2, 0) is 0 Å². The van der Waals surface area contributed by atoms with Gasteiger partial charge in [-0.3, -0.25) is 0 Å². The van der Waals surface area contributed by atoms with Gasteiger partial charge in [0.2, 0.25) is 0 Å². The number of alkyl halides is 3. The summed E-state index contributed by atoms with van der Waals surface area (Å²) in [6.45, 7) is 8.57. The number of rotatable bonds is 7. The first-order valence-electron chi connectivity index (χ1n) is 14.4. The number of anilines is 1. The first kappa shape index (κ1) is 31.8. The number of aryl methyl sites for hydroxylation is 1. The Morgan fingerprint density at radius 3 is 2.53 bits per heavy atom. The molecule has 1 aliphatic heterocycles. The quantitative estimate of drug-likeness (QED) is 0.220. The molecule has 1 aromatic heterocycles. The number of aliphatic imine (C=N–C) groups is 1. The Labute approximate surface area is 264 Å². The number of nitrogens with zero attached hydrogens (tertiary/aromatic N) is 5. The van der Waals surface area contributed by atoms with Gasteiger partial charge in [-0.1, -0.05) is 62.0 Å². The van der Waals surface area contributed by atoms with E-state index in [9.17, 15) is 18.0 Å². The van der Waals surface area contributed by atoms with E-state index in [1.807, 2.05) is 24.3 Å². The lowest BCUT2D eigenvalue weighted by Crippen LogP contribution is -2.42. The maximum atomic E-state index is 12.8. The third-order valence-corrected chi connectivity index (χ3v) is 8.14. The summed E-state index contributed by atoms with van der Waals surface area (Å²) in [5, 5.41) is 7.87. The summed E-state index contributed by atoms with van der Waals surface area (Å²) in [5.41, 5.74) is 5.60. The third-order valence-electron chi connectivity index (χ3n) is 7.16. The molecule has 1 aliphatic rings. The number of ether oxygens (including phenoxy) is 1. The summed E-state index contributed by atoms with van der Waals surface area (Å²) < 4.78 is 42.6. The number of halogens is 3. The van der Waals surface area contributed by atoms with Crippen molar-refractivity contribution in [3.05, 3.63) is 95.9 Å². The minimum Gasteiger partial charge on any atom is -0.406 e. The lowest BCUT2D eigenvalue weighted by molar-refractivity contribution is -0.274. The van der Waals surface area contributed by atoms with Crippen molar-refractivity contribution in [1.82, 2.24) is 20.1 Å². The fraction of sp³-hybridized carbons (Fsp3) is 0.273. The highest BCUT2D eigenvalue weighted by molar-refractivity contribution is 8.14. The molecular weight excluding hydrogens is 601 g/mol. The van der Waals surface area contributed by atoms with Crippen molar-refractivity contribution in [3.8, 4) is 22.8 Å². The second-order valence-electron chi connectivity index (χ2n) is 10.9. The smallest absolute Gasteiger partial charge is 0.406 e. The van der Waals surface area contributed by atoms with Crippen molar-refractivity contribution in [2.24, 2.45) is 4.99 Å². The number of amides is 2. The van der Waals surface area contributed by atoms with Crippen LogP contribution in [0.15, 0.2) is 84.2 Å². The Hall–Kier alpha value is -4.58. The predicted octanol–water partition coefficient (Wildman–Crippen LogP) is 8.33. The Morgan fingerprint density at radius 2 is 1.84 bits per heavy atom. The zero-order valence-corrected chi connectivity index (χ0v) is 26.1. The molecule has 1 fully saturated rings. The van der Waals surface area contributed by atoms with Crippen molar-refractivity contribution < 1.29 is 22.7 Å². The lowest BCUT2D eigenvalue weighted by Gasteiger charge is -2.37. The fourth-order valence-electron chi connectivity index (χ4n) is 4.88. The van der Waals surface area contributed by atoms with Crippen molar-refractivity contribution >= 4 is 34.7 Å². The number of carbonyl (C=O) groups is 1. The van der Waals surface area contributed by atoms with Crippen LogP contribution in [0.5, 0.6) is 5.75 Å². The van der Waals surface area contributed by atoms with Crippen LogP contribution in [0.3, 0.4) is 0 Å². The highest BCUT2D eigenvalue weighted by atomic mass is 32.2. The highest BCUT2D eigenvalue weighted by Crippen LogP contribution is 2.35. The van der Waals surface area contributed by atoms with Gasteiger partial charge in [-0.2, -0.15) is 4.99 Å². The molecule has 8 nitrogen and oxygen atoms in total. The summed E-state index contributed by atoms with van der Waals surface area (Å²) in [7, 11) is 0. The molecule has 3 aromatic carbocycles. The average Bonchev–Trinajstić information content (AvgIpc) is 3.47. The number of hydrogen-bond acceptors (Lipinski definition) is 5. The van der Waals surface area contributed by atoms with Crippen LogP contribution >= 0.6 is 11.8 Å². The number of hydrogen-bond donors (Lipinski definition) is 1. The van der Waals surface area contributed by atoms with Crippen molar-refractivity contribution in [3.63, 3.8) is 0 Å². The van der Waals surface area contributed by atoms with Gasteiger partial charge in [-0.25, -0.2) is 14.5 Å². The Morgan fingerprint density at radius 1 is 1.11 bits per heavy atom. The summed E-state index contributed by atoms with van der Waals surface area (Å²) in [5.74, 6) is 1.36. The third kappa shape index (κ3) is 8.13. The molecule has 1 atom stereocenters. The van der Waals surface area contributed by atoms with Gasteiger partial charge >= 0.3 is 12.4 Å². The molecular formula is C33H33F3N6O2S. The summed E-state index contributed by atoms with van der Waals surface area (Å²) >= 11 is 1.59. The van der Waals surface area contributed by atoms with E-state index in [4.69, 9.17) is 0 Å². The maximum Gasteiger partial charge on any atom is 0.573 e. The highest BCUT2D eigenvalue weighted by Gasteiger charge is 2.31. The van der Waals surface area contributed by atoms with E-state index in [2.05, 4.69) is 75.9 Å². The molecule has 0 aliphatic carbocycles.